The van der Waals surface area contributed by atoms with E-state index in [-0.39, 0.29) is 23.7 Å². The molecule has 0 heterocycles. The molecule has 2 atom stereocenters. The van der Waals surface area contributed by atoms with Gasteiger partial charge in [0.05, 0.1) is 11.8 Å². The first-order valence-corrected chi connectivity index (χ1v) is 8.37. The Bertz CT molecular complexity index is 547. The predicted molar refractivity (Wildman–Crippen MR) is 86.4 cm³/mol. The lowest BCUT2D eigenvalue weighted by Crippen LogP contribution is -2.34. The maximum absolute atomic E-state index is 12.2. The van der Waals surface area contributed by atoms with E-state index in [1.807, 2.05) is 24.3 Å². The minimum Gasteiger partial charge on any atom is -0.353 e. The third kappa shape index (κ3) is 3.49. The minimum atomic E-state index is -0.160. The van der Waals surface area contributed by atoms with Gasteiger partial charge < -0.3 is 10.6 Å². The van der Waals surface area contributed by atoms with Crippen molar-refractivity contribution < 1.29 is 9.59 Å². The Morgan fingerprint density at radius 1 is 1.05 bits per heavy atom. The van der Waals surface area contributed by atoms with E-state index in [0.717, 1.165) is 24.9 Å². The van der Waals surface area contributed by atoms with E-state index in [1.54, 1.807) is 0 Å². The number of benzene rings is 1. The smallest absolute Gasteiger partial charge is 0.228 e. The van der Waals surface area contributed by atoms with Gasteiger partial charge in [0.1, 0.15) is 0 Å². The number of rotatable bonds is 5. The fourth-order valence-electron chi connectivity index (χ4n) is 3.21. The van der Waals surface area contributed by atoms with Crippen molar-refractivity contribution in [1.82, 2.24) is 5.32 Å². The second kappa shape index (κ2) is 6.51. The van der Waals surface area contributed by atoms with E-state index in [2.05, 4.69) is 17.6 Å². The zero-order valence-electron chi connectivity index (χ0n) is 13.1. The van der Waals surface area contributed by atoms with E-state index in [9.17, 15) is 9.59 Å². The van der Waals surface area contributed by atoms with Crippen molar-refractivity contribution in [1.29, 1.82) is 0 Å². The summed E-state index contributed by atoms with van der Waals surface area (Å²) in [4.78, 5) is 24.3. The first-order chi connectivity index (χ1) is 10.7. The van der Waals surface area contributed by atoms with Crippen molar-refractivity contribution in [3.63, 3.8) is 0 Å². The highest BCUT2D eigenvalue weighted by Gasteiger charge is 2.48. The molecule has 2 amide bonds. The third-order valence-electron chi connectivity index (χ3n) is 4.80. The molecule has 1 aromatic rings. The van der Waals surface area contributed by atoms with Gasteiger partial charge >= 0.3 is 0 Å². The van der Waals surface area contributed by atoms with Crippen molar-refractivity contribution in [3.05, 3.63) is 29.8 Å². The van der Waals surface area contributed by atoms with Crippen molar-refractivity contribution in [2.24, 2.45) is 11.8 Å². The summed E-state index contributed by atoms with van der Waals surface area (Å²) in [5.74, 6) is -0.257. The molecule has 4 heteroatoms. The first-order valence-electron chi connectivity index (χ1n) is 8.37. The second-order valence-corrected chi connectivity index (χ2v) is 6.48. The molecule has 0 spiro atoms. The molecule has 2 aliphatic rings. The molecule has 4 nitrogen and oxygen atoms in total. The topological polar surface area (TPSA) is 58.2 Å². The number of hydrogen-bond acceptors (Lipinski definition) is 2. The molecular formula is C18H24N2O2. The Morgan fingerprint density at radius 2 is 1.68 bits per heavy atom. The molecule has 0 aliphatic heterocycles. The van der Waals surface area contributed by atoms with E-state index in [4.69, 9.17) is 0 Å². The molecular weight excluding hydrogens is 276 g/mol. The van der Waals surface area contributed by atoms with Gasteiger partial charge in [-0.3, -0.25) is 9.59 Å². The average molecular weight is 300 g/mol. The van der Waals surface area contributed by atoms with Crippen LogP contribution >= 0.6 is 0 Å². The summed E-state index contributed by atoms with van der Waals surface area (Å²) in [7, 11) is 0. The molecule has 2 N–H and O–H groups in total. The first kappa shape index (κ1) is 15.1. The maximum atomic E-state index is 12.2. The van der Waals surface area contributed by atoms with E-state index >= 15 is 0 Å². The minimum absolute atomic E-state index is 0.0316. The lowest BCUT2D eigenvalue weighted by molar-refractivity contribution is -0.125. The van der Waals surface area contributed by atoms with Crippen LogP contribution in [0.15, 0.2) is 24.3 Å². The largest absolute Gasteiger partial charge is 0.353 e. The molecule has 0 bridgehead atoms. The fourth-order valence-corrected chi connectivity index (χ4v) is 3.21. The molecule has 2 fully saturated rings. The fraction of sp³-hybridized carbons (Fsp3) is 0.556. The van der Waals surface area contributed by atoms with Gasteiger partial charge in [-0.05, 0) is 43.4 Å². The van der Waals surface area contributed by atoms with Gasteiger partial charge in [0, 0.05) is 11.7 Å². The molecule has 2 unspecified atom stereocenters. The Kier molecular flexibility index (Phi) is 4.46. The normalized spacial score (nSPS) is 24.0. The highest BCUT2D eigenvalue weighted by atomic mass is 16.2. The number of carbonyl (C=O) groups excluding carboxylic acids is 2. The number of anilines is 1. The summed E-state index contributed by atoms with van der Waals surface area (Å²) >= 11 is 0. The Hall–Kier alpha value is -1.84. The predicted octanol–water partition coefficient (Wildman–Crippen LogP) is 2.88. The van der Waals surface area contributed by atoms with E-state index in [0.29, 0.717) is 12.5 Å². The van der Waals surface area contributed by atoms with Gasteiger partial charge in [0.25, 0.3) is 0 Å². The number of hydrogen-bond donors (Lipinski definition) is 2. The van der Waals surface area contributed by atoms with Crippen LogP contribution in [0.5, 0.6) is 0 Å². The summed E-state index contributed by atoms with van der Waals surface area (Å²) in [5.41, 5.74) is 2.06. The van der Waals surface area contributed by atoms with Gasteiger partial charge in [-0.15, -0.1) is 0 Å². The highest BCUT2D eigenvalue weighted by molar-refractivity contribution is 5.99. The van der Waals surface area contributed by atoms with Crippen LogP contribution in [0.25, 0.3) is 0 Å². The number of nitrogens with one attached hydrogen (secondary N) is 2. The van der Waals surface area contributed by atoms with Gasteiger partial charge in [-0.2, -0.15) is 0 Å². The van der Waals surface area contributed by atoms with Crippen LogP contribution in [-0.2, 0) is 16.0 Å². The molecule has 2 saturated carbocycles. The van der Waals surface area contributed by atoms with E-state index in [1.165, 1.54) is 18.4 Å². The third-order valence-corrected chi connectivity index (χ3v) is 4.80. The maximum Gasteiger partial charge on any atom is 0.228 e. The molecule has 0 aromatic heterocycles. The zero-order valence-corrected chi connectivity index (χ0v) is 13.1. The Labute approximate surface area is 131 Å². The average Bonchev–Trinajstić information content (AvgIpc) is 3.19. The molecule has 3 rings (SSSR count). The van der Waals surface area contributed by atoms with Crippen LogP contribution in [0, 0.1) is 11.8 Å². The quantitative estimate of drug-likeness (QED) is 0.878. The summed E-state index contributed by atoms with van der Waals surface area (Å²) in [6.07, 6.45) is 6.23. The van der Waals surface area contributed by atoms with Gasteiger partial charge in [0.2, 0.25) is 11.8 Å². The second-order valence-electron chi connectivity index (χ2n) is 6.48. The summed E-state index contributed by atoms with van der Waals surface area (Å²) in [5, 5.41) is 6.00. The van der Waals surface area contributed by atoms with Gasteiger partial charge in [0.15, 0.2) is 0 Å². The number of amides is 2. The van der Waals surface area contributed by atoms with Crippen LogP contribution < -0.4 is 10.6 Å². The Morgan fingerprint density at radius 3 is 2.32 bits per heavy atom. The van der Waals surface area contributed by atoms with Gasteiger partial charge in [-0.25, -0.2) is 0 Å². The molecule has 0 saturated heterocycles. The molecule has 0 radical (unpaired) electrons. The molecule has 1 aromatic carbocycles. The number of carbonyl (C=O) groups is 2. The van der Waals surface area contributed by atoms with Crippen LogP contribution in [0.2, 0.25) is 0 Å². The summed E-state index contributed by atoms with van der Waals surface area (Å²) in [6.45, 7) is 2.10. The number of aryl methyl sites for hydroxylation is 1. The molecule has 118 valence electrons. The highest BCUT2D eigenvalue weighted by Crippen LogP contribution is 2.40. The monoisotopic (exact) mass is 300 g/mol. The van der Waals surface area contributed by atoms with Crippen molar-refractivity contribution in [3.8, 4) is 0 Å². The Balaban J connectivity index is 1.48. The van der Waals surface area contributed by atoms with Crippen LogP contribution in [0.1, 0.15) is 44.6 Å². The van der Waals surface area contributed by atoms with Crippen molar-refractivity contribution in [2.45, 2.75) is 51.5 Å². The molecule has 22 heavy (non-hydrogen) atoms. The van der Waals surface area contributed by atoms with Crippen LogP contribution in [-0.4, -0.2) is 17.9 Å². The van der Waals surface area contributed by atoms with E-state index < -0.39 is 0 Å². The van der Waals surface area contributed by atoms with Crippen LogP contribution in [0.4, 0.5) is 5.69 Å². The zero-order chi connectivity index (χ0) is 15.5. The summed E-state index contributed by atoms with van der Waals surface area (Å²) < 4.78 is 0. The lowest BCUT2D eigenvalue weighted by atomic mass is 10.1. The van der Waals surface area contributed by atoms with Crippen molar-refractivity contribution in [2.75, 3.05) is 5.32 Å². The van der Waals surface area contributed by atoms with Crippen molar-refractivity contribution >= 4 is 17.5 Å². The SMILES string of the molecule is CCc1ccc(NC(=O)C2CC2C(=O)NC2CCCC2)cc1. The molecule has 2 aliphatic carbocycles. The lowest BCUT2D eigenvalue weighted by Gasteiger charge is -2.11. The summed E-state index contributed by atoms with van der Waals surface area (Å²) in [6, 6.07) is 8.22. The standard InChI is InChI=1S/C18H24N2O2/c1-2-12-7-9-14(10-8-12)20-18(22)16-11-15(16)17(21)19-13-5-3-4-6-13/h7-10,13,15-16H,2-6,11H2,1H3,(H,19,21)(H,20,22). The van der Waals surface area contributed by atoms with Crippen LogP contribution in [0.3, 0.4) is 0 Å². The van der Waals surface area contributed by atoms with Gasteiger partial charge in [-0.1, -0.05) is 31.9 Å².